The Labute approximate surface area is 216 Å². The molecule has 0 spiro atoms. The molecule has 4 unspecified atom stereocenters. The summed E-state index contributed by atoms with van der Waals surface area (Å²) in [7, 11) is 0. The van der Waals surface area contributed by atoms with E-state index < -0.39 is 0 Å². The van der Waals surface area contributed by atoms with Crippen molar-refractivity contribution in [3.63, 3.8) is 0 Å². The topological polar surface area (TPSA) is 53.4 Å². The van der Waals surface area contributed by atoms with Crippen LogP contribution in [-0.2, 0) is 20.1 Å². The summed E-state index contributed by atoms with van der Waals surface area (Å²) < 4.78 is 1.23. The predicted octanol–water partition coefficient (Wildman–Crippen LogP) is 6.44. The Balaban J connectivity index is 0.000000181. The Morgan fingerprint density at radius 3 is 2.21 bits per heavy atom. The van der Waals surface area contributed by atoms with E-state index >= 15 is 0 Å². The van der Waals surface area contributed by atoms with Gasteiger partial charge in [-0.15, -0.1) is 35.9 Å². The average Bonchev–Trinajstić information content (AvgIpc) is 3.36. The molecule has 6 atom stereocenters. The minimum absolute atomic E-state index is 0. The van der Waals surface area contributed by atoms with Gasteiger partial charge in [-0.2, -0.15) is 11.3 Å². The van der Waals surface area contributed by atoms with Crippen LogP contribution >= 0.6 is 11.3 Å². The number of benzene rings is 2. The molecule has 2 saturated carbocycles. The number of hydrogen-bond acceptors (Lipinski definition) is 4. The van der Waals surface area contributed by atoms with Gasteiger partial charge in [0.2, 0.25) is 0 Å². The summed E-state index contributed by atoms with van der Waals surface area (Å²) >= 11 is 1.71. The number of aliphatic hydroxyl groups excluding tert-OH is 2. The molecule has 1 radical (unpaired) electrons. The Hall–Kier alpha value is -1.10. The van der Waals surface area contributed by atoms with Crippen LogP contribution in [0.15, 0.2) is 48.5 Å². The SMILES string of the molecule is CC(C)[C@H]1CCC2C[C@H](C(C)C)C(O)C2C1O.[Ir].[c-]1ccccc1-c1nc2ccccc2s1. The molecule has 2 N–H and O–H groups in total. The van der Waals surface area contributed by atoms with Gasteiger partial charge < -0.3 is 10.2 Å². The van der Waals surface area contributed by atoms with Gasteiger partial charge in [0, 0.05) is 35.7 Å². The minimum atomic E-state index is -0.285. The summed E-state index contributed by atoms with van der Waals surface area (Å²) in [6.45, 7) is 8.76. The van der Waals surface area contributed by atoms with Gasteiger partial charge in [0.05, 0.1) is 17.7 Å². The molecule has 1 heterocycles. The van der Waals surface area contributed by atoms with E-state index in [2.05, 4.69) is 44.8 Å². The standard InChI is InChI=1S/C15H28O2.C13H8NS.Ir/c1-8(2)11-6-5-10-7-12(9(3)4)15(17)13(10)14(11)16;1-2-6-10(7-3-1)13-14-11-8-4-5-9-12(11)15-13;/h8-17H,5-7H2,1-4H3;1-6,8-9H;/q;-1;/t10?,11-,12-,13?,14?,15?;;/m1../s1. The van der Waals surface area contributed by atoms with E-state index in [4.69, 9.17) is 0 Å². The van der Waals surface area contributed by atoms with Gasteiger partial charge in [-0.25, -0.2) is 0 Å². The maximum Gasteiger partial charge on any atom is 0.0697 e. The van der Waals surface area contributed by atoms with Gasteiger partial charge in [0.25, 0.3) is 0 Å². The van der Waals surface area contributed by atoms with Crippen molar-refractivity contribution in [1.82, 2.24) is 4.98 Å². The van der Waals surface area contributed by atoms with E-state index in [1.807, 2.05) is 42.5 Å². The predicted molar refractivity (Wildman–Crippen MR) is 133 cm³/mol. The first-order valence-corrected chi connectivity index (χ1v) is 12.9. The Kier molecular flexibility index (Phi) is 9.28. The molecule has 0 amide bonds. The van der Waals surface area contributed by atoms with E-state index in [-0.39, 0.29) is 38.2 Å². The van der Waals surface area contributed by atoms with Crippen molar-refractivity contribution in [3.8, 4) is 10.6 Å². The minimum Gasteiger partial charge on any atom is -0.392 e. The number of rotatable bonds is 3. The molecule has 0 bridgehead atoms. The molecule has 2 aliphatic carbocycles. The number of nitrogens with zero attached hydrogens (tertiary/aromatic N) is 1. The normalized spacial score (nSPS) is 28.8. The molecular weight excluding hydrogens is 607 g/mol. The Morgan fingerprint density at radius 1 is 0.909 bits per heavy atom. The first kappa shape index (κ1) is 26.5. The van der Waals surface area contributed by atoms with Gasteiger partial charge in [0.15, 0.2) is 0 Å². The second kappa shape index (κ2) is 11.6. The summed E-state index contributed by atoms with van der Waals surface area (Å²) in [4.78, 5) is 4.57. The Bertz CT molecular complexity index is 966. The van der Waals surface area contributed by atoms with Crippen molar-refractivity contribution in [2.24, 2.45) is 35.5 Å². The fourth-order valence-electron chi connectivity index (χ4n) is 5.77. The molecule has 33 heavy (non-hydrogen) atoms. The van der Waals surface area contributed by atoms with Crippen LogP contribution in [0.5, 0.6) is 0 Å². The van der Waals surface area contributed by atoms with Crippen molar-refractivity contribution in [2.45, 2.75) is 59.2 Å². The van der Waals surface area contributed by atoms with Crippen molar-refractivity contribution >= 4 is 21.6 Å². The number of thiazole rings is 1. The third kappa shape index (κ3) is 5.77. The third-order valence-corrected chi connectivity index (χ3v) is 8.67. The molecule has 3 nitrogen and oxygen atoms in total. The monoisotopic (exact) mass is 643 g/mol. The summed E-state index contributed by atoms with van der Waals surface area (Å²) in [6, 6.07) is 19.3. The van der Waals surface area contributed by atoms with Crippen molar-refractivity contribution < 1.29 is 30.3 Å². The second-order valence-electron chi connectivity index (χ2n) is 10.2. The summed E-state index contributed by atoms with van der Waals surface area (Å²) in [5, 5.41) is 22.0. The largest absolute Gasteiger partial charge is 0.392 e. The molecule has 5 heteroatoms. The summed E-state index contributed by atoms with van der Waals surface area (Å²) in [6.07, 6.45) is 2.89. The molecule has 2 aliphatic rings. The number of aliphatic hydroxyl groups is 2. The average molecular weight is 643 g/mol. The molecule has 0 aliphatic heterocycles. The maximum absolute atomic E-state index is 10.5. The zero-order valence-electron chi connectivity index (χ0n) is 19.9. The summed E-state index contributed by atoms with van der Waals surface area (Å²) in [5.41, 5.74) is 2.13. The van der Waals surface area contributed by atoms with E-state index in [0.29, 0.717) is 29.6 Å². The smallest absolute Gasteiger partial charge is 0.0697 e. The van der Waals surface area contributed by atoms with Crippen LogP contribution in [0.2, 0.25) is 0 Å². The number of para-hydroxylation sites is 1. The molecule has 1 aromatic heterocycles. The first-order valence-electron chi connectivity index (χ1n) is 12.1. The van der Waals surface area contributed by atoms with Crippen molar-refractivity contribution in [3.05, 3.63) is 54.6 Å². The van der Waals surface area contributed by atoms with E-state index in [0.717, 1.165) is 28.9 Å². The van der Waals surface area contributed by atoms with Crippen LogP contribution in [0.1, 0.15) is 47.0 Å². The van der Waals surface area contributed by atoms with Crippen LogP contribution in [-0.4, -0.2) is 27.4 Å². The van der Waals surface area contributed by atoms with Crippen LogP contribution in [0.4, 0.5) is 0 Å². The van der Waals surface area contributed by atoms with Crippen molar-refractivity contribution in [2.75, 3.05) is 0 Å². The molecule has 3 aromatic rings. The van der Waals surface area contributed by atoms with Crippen LogP contribution in [0.3, 0.4) is 0 Å². The quantitative estimate of drug-likeness (QED) is 0.324. The molecular formula is C28H36IrNO2S-. The van der Waals surface area contributed by atoms with Gasteiger partial charge in [-0.1, -0.05) is 39.8 Å². The second-order valence-corrected chi connectivity index (χ2v) is 11.2. The maximum atomic E-state index is 10.5. The molecule has 2 fully saturated rings. The number of hydrogen-bond donors (Lipinski definition) is 2. The third-order valence-electron chi connectivity index (χ3n) is 7.60. The van der Waals surface area contributed by atoms with Crippen LogP contribution < -0.4 is 0 Å². The van der Waals surface area contributed by atoms with Crippen molar-refractivity contribution in [1.29, 1.82) is 0 Å². The van der Waals surface area contributed by atoms with Gasteiger partial charge in [-0.3, -0.25) is 4.98 Å². The Morgan fingerprint density at radius 2 is 1.58 bits per heavy atom. The van der Waals surface area contributed by atoms with Crippen LogP contribution in [0.25, 0.3) is 20.8 Å². The zero-order chi connectivity index (χ0) is 22.8. The number of aromatic nitrogens is 1. The molecule has 5 rings (SSSR count). The first-order chi connectivity index (χ1) is 15.4. The van der Waals surface area contributed by atoms with Gasteiger partial charge >= 0.3 is 0 Å². The zero-order valence-corrected chi connectivity index (χ0v) is 23.2. The number of fused-ring (bicyclic) bond motifs is 2. The summed E-state index contributed by atoms with van der Waals surface area (Å²) in [5.74, 6) is 2.53. The molecule has 181 valence electrons. The van der Waals surface area contributed by atoms with Crippen LogP contribution in [0, 0.1) is 41.6 Å². The van der Waals surface area contributed by atoms with E-state index in [1.54, 1.807) is 11.3 Å². The fraction of sp³-hybridized carbons (Fsp3) is 0.536. The molecule has 2 aromatic carbocycles. The van der Waals surface area contributed by atoms with E-state index in [9.17, 15) is 10.2 Å². The van der Waals surface area contributed by atoms with E-state index in [1.165, 1.54) is 11.1 Å². The fourth-order valence-corrected chi connectivity index (χ4v) is 6.73. The van der Waals surface area contributed by atoms with Gasteiger partial charge in [-0.05, 0) is 61.0 Å². The van der Waals surface area contributed by atoms with Gasteiger partial charge in [0.1, 0.15) is 0 Å². The molecule has 0 saturated heterocycles.